The Balaban J connectivity index is 0.00000256. The van der Waals surface area contributed by atoms with Crippen molar-refractivity contribution in [1.82, 2.24) is 14.8 Å². The van der Waals surface area contributed by atoms with E-state index in [0.717, 1.165) is 18.9 Å². The van der Waals surface area contributed by atoms with Crippen molar-refractivity contribution in [3.63, 3.8) is 0 Å². The first-order valence-corrected chi connectivity index (χ1v) is 5.39. The van der Waals surface area contributed by atoms with Gasteiger partial charge < -0.3 is 9.80 Å². The van der Waals surface area contributed by atoms with Gasteiger partial charge in [0.05, 0.1) is 0 Å². The molecule has 17 heavy (non-hydrogen) atoms. The van der Waals surface area contributed by atoms with E-state index < -0.39 is 0 Å². The van der Waals surface area contributed by atoms with Gasteiger partial charge in [-0.05, 0) is 18.1 Å². The average molecular weight is 348 g/mol. The summed E-state index contributed by atoms with van der Waals surface area (Å²) in [6.07, 6.45) is 4.61. The molecule has 1 rings (SSSR count). The molecular formula is C12H21IN4. The van der Waals surface area contributed by atoms with Crippen molar-refractivity contribution in [2.75, 3.05) is 34.7 Å². The summed E-state index contributed by atoms with van der Waals surface area (Å²) < 4.78 is 0. The molecule has 0 saturated heterocycles. The minimum absolute atomic E-state index is 0. The van der Waals surface area contributed by atoms with Gasteiger partial charge in [0.2, 0.25) is 0 Å². The van der Waals surface area contributed by atoms with E-state index in [2.05, 4.69) is 16.0 Å². The zero-order chi connectivity index (χ0) is 12.0. The topological polar surface area (TPSA) is 31.7 Å². The maximum absolute atomic E-state index is 4.56. The standard InChI is InChI=1S/C12H20N4.HI/c1-15(2)12(16(3)4)14-9-7-11-6-5-8-13-10-11;/h5-6,8,10H,7,9H2,1-4H3;1H. The SMILES string of the molecule is CN(C)C(=NCCc1cccnc1)N(C)C.I. The Hall–Kier alpha value is -0.850. The molecule has 0 aliphatic rings. The Labute approximate surface area is 121 Å². The second-order valence-electron chi connectivity index (χ2n) is 4.08. The minimum Gasteiger partial charge on any atom is -0.349 e. The van der Waals surface area contributed by atoms with Crippen molar-refractivity contribution in [3.8, 4) is 0 Å². The molecule has 1 aromatic heterocycles. The zero-order valence-corrected chi connectivity index (χ0v) is 13.3. The molecule has 0 bridgehead atoms. The molecule has 1 aromatic rings. The van der Waals surface area contributed by atoms with Gasteiger partial charge in [-0.15, -0.1) is 24.0 Å². The van der Waals surface area contributed by atoms with Crippen LogP contribution >= 0.6 is 24.0 Å². The average Bonchev–Trinajstić information content (AvgIpc) is 2.24. The summed E-state index contributed by atoms with van der Waals surface area (Å²) in [6.45, 7) is 0.789. The fourth-order valence-corrected chi connectivity index (χ4v) is 1.51. The number of hydrogen-bond acceptors (Lipinski definition) is 2. The van der Waals surface area contributed by atoms with E-state index in [1.54, 1.807) is 6.20 Å². The Kier molecular flexibility index (Phi) is 7.86. The molecule has 0 aromatic carbocycles. The molecule has 0 saturated carbocycles. The zero-order valence-electron chi connectivity index (χ0n) is 10.9. The molecule has 1 heterocycles. The number of aliphatic imine (C=N–C) groups is 1. The number of rotatable bonds is 3. The van der Waals surface area contributed by atoms with Gasteiger partial charge in [0.1, 0.15) is 0 Å². The molecular weight excluding hydrogens is 327 g/mol. The molecule has 0 atom stereocenters. The molecule has 0 amide bonds. The molecule has 5 heteroatoms. The van der Waals surface area contributed by atoms with E-state index in [-0.39, 0.29) is 24.0 Å². The first-order chi connectivity index (χ1) is 7.61. The van der Waals surface area contributed by atoms with Gasteiger partial charge in [0, 0.05) is 47.1 Å². The lowest BCUT2D eigenvalue weighted by Crippen LogP contribution is -2.35. The summed E-state index contributed by atoms with van der Waals surface area (Å²) in [6, 6.07) is 4.03. The molecule has 0 aliphatic heterocycles. The molecule has 0 spiro atoms. The van der Waals surface area contributed by atoms with Crippen molar-refractivity contribution >= 4 is 29.9 Å². The van der Waals surface area contributed by atoms with Gasteiger partial charge in [0.15, 0.2) is 5.96 Å². The Morgan fingerprint density at radius 2 is 1.88 bits per heavy atom. The molecule has 4 nitrogen and oxygen atoms in total. The second kappa shape index (κ2) is 8.27. The van der Waals surface area contributed by atoms with Gasteiger partial charge in [-0.2, -0.15) is 0 Å². The van der Waals surface area contributed by atoms with Crippen LogP contribution in [0.1, 0.15) is 5.56 Å². The molecule has 0 fully saturated rings. The Bertz CT molecular complexity index is 326. The van der Waals surface area contributed by atoms with Gasteiger partial charge >= 0.3 is 0 Å². The fourth-order valence-electron chi connectivity index (χ4n) is 1.51. The van der Waals surface area contributed by atoms with E-state index in [9.17, 15) is 0 Å². The summed E-state index contributed by atoms with van der Waals surface area (Å²) in [7, 11) is 8.01. The summed E-state index contributed by atoms with van der Waals surface area (Å²) >= 11 is 0. The van der Waals surface area contributed by atoms with Crippen molar-refractivity contribution < 1.29 is 0 Å². The van der Waals surface area contributed by atoms with E-state index in [0.29, 0.717) is 0 Å². The normalized spacial score (nSPS) is 9.18. The van der Waals surface area contributed by atoms with Crippen molar-refractivity contribution in [2.24, 2.45) is 4.99 Å². The van der Waals surface area contributed by atoms with Crippen molar-refractivity contribution in [2.45, 2.75) is 6.42 Å². The first-order valence-electron chi connectivity index (χ1n) is 5.39. The van der Waals surface area contributed by atoms with E-state index in [1.807, 2.05) is 50.3 Å². The number of hydrogen-bond donors (Lipinski definition) is 0. The van der Waals surface area contributed by atoms with Crippen LogP contribution in [-0.4, -0.2) is 55.5 Å². The predicted molar refractivity (Wildman–Crippen MR) is 83.0 cm³/mol. The summed E-state index contributed by atoms with van der Waals surface area (Å²) in [5.74, 6) is 0.990. The van der Waals surface area contributed by atoms with Crippen LogP contribution in [0, 0.1) is 0 Å². The van der Waals surface area contributed by atoms with Gasteiger partial charge in [0.25, 0.3) is 0 Å². The van der Waals surface area contributed by atoms with Crippen LogP contribution in [0.25, 0.3) is 0 Å². The van der Waals surface area contributed by atoms with Crippen LogP contribution in [0.5, 0.6) is 0 Å². The third-order valence-corrected chi connectivity index (χ3v) is 2.18. The van der Waals surface area contributed by atoms with Crippen LogP contribution in [-0.2, 0) is 6.42 Å². The summed E-state index contributed by atoms with van der Waals surface area (Å²) in [5.41, 5.74) is 1.23. The Morgan fingerprint density at radius 3 is 2.35 bits per heavy atom. The third kappa shape index (κ3) is 5.86. The number of halogens is 1. The van der Waals surface area contributed by atoms with Gasteiger partial charge in [-0.25, -0.2) is 0 Å². The lowest BCUT2D eigenvalue weighted by molar-refractivity contribution is 0.479. The monoisotopic (exact) mass is 348 g/mol. The highest BCUT2D eigenvalue weighted by Crippen LogP contribution is 1.98. The molecule has 0 radical (unpaired) electrons. The van der Waals surface area contributed by atoms with Crippen LogP contribution in [0.3, 0.4) is 0 Å². The van der Waals surface area contributed by atoms with Gasteiger partial charge in [-0.3, -0.25) is 9.98 Å². The lowest BCUT2D eigenvalue weighted by atomic mass is 10.2. The fraction of sp³-hybridized carbons (Fsp3) is 0.500. The minimum atomic E-state index is 0. The molecule has 0 N–H and O–H groups in total. The smallest absolute Gasteiger partial charge is 0.195 e. The number of aromatic nitrogens is 1. The van der Waals surface area contributed by atoms with Crippen molar-refractivity contribution in [1.29, 1.82) is 0 Å². The number of guanidine groups is 1. The molecule has 96 valence electrons. The van der Waals surface area contributed by atoms with Crippen LogP contribution in [0.2, 0.25) is 0 Å². The van der Waals surface area contributed by atoms with Crippen LogP contribution < -0.4 is 0 Å². The number of pyridine rings is 1. The Morgan fingerprint density at radius 1 is 1.24 bits per heavy atom. The second-order valence-corrected chi connectivity index (χ2v) is 4.08. The highest BCUT2D eigenvalue weighted by Gasteiger charge is 2.02. The largest absolute Gasteiger partial charge is 0.349 e. The lowest BCUT2D eigenvalue weighted by Gasteiger charge is -2.22. The van der Waals surface area contributed by atoms with Crippen molar-refractivity contribution in [3.05, 3.63) is 30.1 Å². The van der Waals surface area contributed by atoms with Crippen LogP contribution in [0.15, 0.2) is 29.5 Å². The molecule has 0 aliphatic carbocycles. The molecule has 0 unspecified atom stereocenters. The number of nitrogens with zero attached hydrogens (tertiary/aromatic N) is 4. The van der Waals surface area contributed by atoms with Crippen LogP contribution in [0.4, 0.5) is 0 Å². The first kappa shape index (κ1) is 16.1. The summed E-state index contributed by atoms with van der Waals surface area (Å²) in [5, 5.41) is 0. The highest BCUT2D eigenvalue weighted by atomic mass is 127. The van der Waals surface area contributed by atoms with E-state index in [4.69, 9.17) is 0 Å². The quantitative estimate of drug-likeness (QED) is 0.474. The predicted octanol–water partition coefficient (Wildman–Crippen LogP) is 1.72. The summed E-state index contributed by atoms with van der Waals surface area (Å²) in [4.78, 5) is 12.7. The third-order valence-electron chi connectivity index (χ3n) is 2.18. The van der Waals surface area contributed by atoms with E-state index in [1.165, 1.54) is 5.56 Å². The van der Waals surface area contributed by atoms with E-state index >= 15 is 0 Å². The maximum atomic E-state index is 4.56. The van der Waals surface area contributed by atoms with Gasteiger partial charge in [-0.1, -0.05) is 6.07 Å². The maximum Gasteiger partial charge on any atom is 0.195 e. The highest BCUT2D eigenvalue weighted by molar-refractivity contribution is 14.0.